The highest BCUT2D eigenvalue weighted by Crippen LogP contribution is 2.34. The topological polar surface area (TPSA) is 86.1 Å². The van der Waals surface area contributed by atoms with Crippen LogP contribution in [0.5, 0.6) is 0 Å². The molecule has 2 N–H and O–H groups in total. The van der Waals surface area contributed by atoms with E-state index < -0.39 is 11.9 Å². The van der Waals surface area contributed by atoms with Crippen molar-refractivity contribution in [1.82, 2.24) is 0 Å². The molecule has 7 nitrogen and oxygen atoms in total. The van der Waals surface area contributed by atoms with Gasteiger partial charge >= 0.3 is 11.9 Å². The molecule has 0 radical (unpaired) electrons. The van der Waals surface area contributed by atoms with Crippen molar-refractivity contribution in [2.45, 2.75) is 48.5 Å². The molecule has 0 spiro atoms. The molecule has 1 heterocycles. The summed E-state index contributed by atoms with van der Waals surface area (Å²) in [6.45, 7) is 16.1. The number of quaternary nitrogens is 1. The van der Waals surface area contributed by atoms with Gasteiger partial charge in [0.1, 0.15) is 9.88 Å². The van der Waals surface area contributed by atoms with Gasteiger partial charge in [0.05, 0.1) is 31.9 Å². The number of anilines is 1. The fourth-order valence-corrected chi connectivity index (χ4v) is 4.33. The Bertz CT molecular complexity index is 702. The number of esters is 2. The van der Waals surface area contributed by atoms with E-state index in [0.29, 0.717) is 33.8 Å². The summed E-state index contributed by atoms with van der Waals surface area (Å²) < 4.78 is 10.2. The highest BCUT2D eigenvalue weighted by atomic mass is 32.1. The molecule has 0 aliphatic carbocycles. The van der Waals surface area contributed by atoms with Crippen LogP contribution in [0.25, 0.3) is 0 Å². The first-order chi connectivity index (χ1) is 13.6. The molecule has 1 aromatic heterocycles. The van der Waals surface area contributed by atoms with E-state index in [1.165, 1.54) is 4.90 Å². The molecule has 1 amide bonds. The van der Waals surface area contributed by atoms with Gasteiger partial charge in [-0.1, -0.05) is 27.7 Å². The second-order valence-electron chi connectivity index (χ2n) is 7.87. The molecule has 0 saturated heterocycles. The van der Waals surface area contributed by atoms with Crippen molar-refractivity contribution < 1.29 is 28.8 Å². The van der Waals surface area contributed by atoms with Gasteiger partial charge in [-0.05, 0) is 26.3 Å². The highest BCUT2D eigenvalue weighted by Gasteiger charge is 2.28. The standard InChI is InChI=1S/C21H34N2O5S/c1-8-27-20(25)17-15(7)18(21(26)28-9-2)29-19(17)22-16(24)12-23(10-13(3)4)11-14(5)6/h13-14H,8-12H2,1-7H3,(H,22,24)/p+1. The van der Waals surface area contributed by atoms with Gasteiger partial charge in [-0.3, -0.25) is 4.79 Å². The van der Waals surface area contributed by atoms with Crippen LogP contribution < -0.4 is 10.2 Å². The first-order valence-electron chi connectivity index (χ1n) is 10.2. The number of carbonyl (C=O) groups excluding carboxylic acids is 3. The molecule has 1 rings (SSSR count). The maximum absolute atomic E-state index is 12.7. The van der Waals surface area contributed by atoms with Gasteiger partial charge in [-0.15, -0.1) is 11.3 Å². The predicted octanol–water partition coefficient (Wildman–Crippen LogP) is 2.55. The summed E-state index contributed by atoms with van der Waals surface area (Å²) in [6, 6.07) is 0. The van der Waals surface area contributed by atoms with Crippen LogP contribution in [0.4, 0.5) is 5.00 Å². The Morgan fingerprint density at radius 2 is 1.48 bits per heavy atom. The van der Waals surface area contributed by atoms with E-state index in [-0.39, 0.29) is 24.7 Å². The van der Waals surface area contributed by atoms with E-state index in [1.807, 2.05) is 0 Å². The molecular formula is C21H35N2O5S+. The Labute approximate surface area is 177 Å². The van der Waals surface area contributed by atoms with Crippen molar-refractivity contribution in [1.29, 1.82) is 0 Å². The predicted molar refractivity (Wildman–Crippen MR) is 115 cm³/mol. The molecular weight excluding hydrogens is 392 g/mol. The van der Waals surface area contributed by atoms with Crippen molar-refractivity contribution in [2.75, 3.05) is 38.2 Å². The SMILES string of the molecule is CCOC(=O)c1sc(NC(=O)C[NH+](CC(C)C)CC(C)C)c(C(=O)OCC)c1C. The van der Waals surface area contributed by atoms with E-state index >= 15 is 0 Å². The maximum atomic E-state index is 12.7. The Hall–Kier alpha value is -1.93. The van der Waals surface area contributed by atoms with Gasteiger partial charge in [-0.25, -0.2) is 9.59 Å². The molecule has 0 unspecified atom stereocenters. The number of hydrogen-bond donors (Lipinski definition) is 2. The zero-order valence-electron chi connectivity index (χ0n) is 18.6. The summed E-state index contributed by atoms with van der Waals surface area (Å²) in [4.78, 5) is 38.9. The maximum Gasteiger partial charge on any atom is 0.348 e. The van der Waals surface area contributed by atoms with Gasteiger partial charge in [0.25, 0.3) is 5.91 Å². The summed E-state index contributed by atoms with van der Waals surface area (Å²) in [5.74, 6) is -0.325. The number of nitrogens with one attached hydrogen (secondary N) is 2. The number of thiophene rings is 1. The number of ether oxygens (including phenoxy) is 2. The first kappa shape index (κ1) is 25.1. The van der Waals surface area contributed by atoms with Crippen molar-refractivity contribution in [3.05, 3.63) is 16.0 Å². The second kappa shape index (κ2) is 11.9. The van der Waals surface area contributed by atoms with E-state index in [1.54, 1.807) is 20.8 Å². The summed E-state index contributed by atoms with van der Waals surface area (Å²) in [5, 5.41) is 3.17. The molecule has 0 aromatic carbocycles. The van der Waals surface area contributed by atoms with Crippen LogP contribution in [0.15, 0.2) is 0 Å². The third kappa shape index (κ3) is 7.78. The number of carbonyl (C=O) groups is 3. The Balaban J connectivity index is 3.11. The zero-order valence-corrected chi connectivity index (χ0v) is 19.5. The fraction of sp³-hybridized carbons (Fsp3) is 0.667. The summed E-state index contributed by atoms with van der Waals surface area (Å²) in [6.07, 6.45) is 0. The largest absolute Gasteiger partial charge is 0.462 e. The third-order valence-electron chi connectivity index (χ3n) is 4.14. The summed E-state index contributed by atoms with van der Waals surface area (Å²) in [5.41, 5.74) is 0.693. The molecule has 0 aliphatic heterocycles. The minimum atomic E-state index is -0.555. The van der Waals surface area contributed by atoms with Crippen LogP contribution >= 0.6 is 11.3 Å². The fourth-order valence-electron chi connectivity index (χ4n) is 3.22. The van der Waals surface area contributed by atoms with Crippen LogP contribution in [0.3, 0.4) is 0 Å². The number of hydrogen-bond acceptors (Lipinski definition) is 6. The van der Waals surface area contributed by atoms with E-state index in [9.17, 15) is 14.4 Å². The molecule has 1 aromatic rings. The molecule has 8 heteroatoms. The Kier molecular flexibility index (Phi) is 10.3. The van der Waals surface area contributed by atoms with Crippen LogP contribution in [0.1, 0.15) is 67.1 Å². The van der Waals surface area contributed by atoms with Gasteiger partial charge in [0.2, 0.25) is 0 Å². The van der Waals surface area contributed by atoms with Gasteiger partial charge in [0, 0.05) is 11.8 Å². The zero-order chi connectivity index (χ0) is 22.1. The van der Waals surface area contributed by atoms with Crippen LogP contribution in [-0.4, -0.2) is 50.7 Å². The van der Waals surface area contributed by atoms with Crippen molar-refractivity contribution in [3.8, 4) is 0 Å². The lowest BCUT2D eigenvalue weighted by atomic mass is 10.1. The van der Waals surface area contributed by atoms with Crippen LogP contribution in [-0.2, 0) is 14.3 Å². The minimum Gasteiger partial charge on any atom is -0.462 e. The van der Waals surface area contributed by atoms with E-state index in [0.717, 1.165) is 24.4 Å². The summed E-state index contributed by atoms with van der Waals surface area (Å²) in [7, 11) is 0. The average Bonchev–Trinajstić information content (AvgIpc) is 2.90. The monoisotopic (exact) mass is 427 g/mol. The molecule has 0 atom stereocenters. The minimum absolute atomic E-state index is 0.191. The van der Waals surface area contributed by atoms with Crippen molar-refractivity contribution >= 4 is 34.2 Å². The van der Waals surface area contributed by atoms with E-state index in [4.69, 9.17) is 9.47 Å². The molecule has 164 valence electrons. The van der Waals surface area contributed by atoms with Gasteiger partial charge < -0.3 is 19.7 Å². The van der Waals surface area contributed by atoms with Crippen LogP contribution in [0, 0.1) is 18.8 Å². The first-order valence-corrected chi connectivity index (χ1v) is 11.0. The quantitative estimate of drug-likeness (QED) is 0.530. The lowest BCUT2D eigenvalue weighted by Crippen LogP contribution is -3.14. The number of amides is 1. The molecule has 0 bridgehead atoms. The Morgan fingerprint density at radius 3 is 1.97 bits per heavy atom. The van der Waals surface area contributed by atoms with Crippen LogP contribution in [0.2, 0.25) is 0 Å². The van der Waals surface area contributed by atoms with Crippen molar-refractivity contribution in [2.24, 2.45) is 11.8 Å². The van der Waals surface area contributed by atoms with E-state index in [2.05, 4.69) is 33.0 Å². The van der Waals surface area contributed by atoms with Crippen molar-refractivity contribution in [3.63, 3.8) is 0 Å². The summed E-state index contributed by atoms with van der Waals surface area (Å²) >= 11 is 1.06. The number of rotatable bonds is 11. The molecule has 0 saturated carbocycles. The highest BCUT2D eigenvalue weighted by molar-refractivity contribution is 7.18. The molecule has 0 fully saturated rings. The van der Waals surface area contributed by atoms with Gasteiger partial charge in [-0.2, -0.15) is 0 Å². The third-order valence-corrected chi connectivity index (χ3v) is 5.33. The smallest absolute Gasteiger partial charge is 0.348 e. The second-order valence-corrected chi connectivity index (χ2v) is 8.89. The van der Waals surface area contributed by atoms with Gasteiger partial charge in [0.15, 0.2) is 6.54 Å². The lowest BCUT2D eigenvalue weighted by molar-refractivity contribution is -0.897. The average molecular weight is 428 g/mol. The normalized spacial score (nSPS) is 11.2. The molecule has 0 aliphatic rings. The Morgan fingerprint density at radius 1 is 0.966 bits per heavy atom. The molecule has 29 heavy (non-hydrogen) atoms. The lowest BCUT2D eigenvalue weighted by Gasteiger charge is -2.22.